The van der Waals surface area contributed by atoms with Crippen LogP contribution in [0.1, 0.15) is 9.67 Å². The van der Waals surface area contributed by atoms with Gasteiger partial charge in [0, 0.05) is 0 Å². The average Bonchev–Trinajstić information content (AvgIpc) is 2.75. The van der Waals surface area contributed by atoms with Crippen molar-refractivity contribution >= 4 is 28.9 Å². The first-order chi connectivity index (χ1) is 7.16. The highest BCUT2D eigenvalue weighted by molar-refractivity contribution is 7.12. The van der Waals surface area contributed by atoms with E-state index < -0.39 is 0 Å². The van der Waals surface area contributed by atoms with Gasteiger partial charge in [0.15, 0.2) is 0 Å². The third-order valence-corrected chi connectivity index (χ3v) is 2.56. The summed E-state index contributed by atoms with van der Waals surface area (Å²) in [5.74, 6) is -0.161. The molecule has 0 fully saturated rings. The summed E-state index contributed by atoms with van der Waals surface area (Å²) in [6.45, 7) is 0. The maximum Gasteiger partial charge on any atom is 0.270 e. The number of tetrazole rings is 1. The monoisotopic (exact) mass is 224 g/mol. The Morgan fingerprint density at radius 1 is 1.67 bits per heavy atom. The second kappa shape index (κ2) is 3.65. The molecular formula is C7H8N6OS. The SMILES string of the molecule is Cn1nnc(NC(=O)c2sccc2N)n1. The molecule has 15 heavy (non-hydrogen) atoms. The maximum atomic E-state index is 11.6. The normalized spacial score (nSPS) is 10.2. The number of hydrogen-bond donors (Lipinski definition) is 2. The lowest BCUT2D eigenvalue weighted by molar-refractivity contribution is 0.103. The van der Waals surface area contributed by atoms with Crippen LogP contribution < -0.4 is 11.1 Å². The van der Waals surface area contributed by atoms with Crippen LogP contribution in [-0.4, -0.2) is 26.1 Å². The largest absolute Gasteiger partial charge is 0.397 e. The van der Waals surface area contributed by atoms with Gasteiger partial charge >= 0.3 is 0 Å². The molecular weight excluding hydrogens is 216 g/mol. The van der Waals surface area contributed by atoms with Crippen molar-refractivity contribution in [2.45, 2.75) is 0 Å². The van der Waals surface area contributed by atoms with Crippen LogP contribution in [0.3, 0.4) is 0 Å². The van der Waals surface area contributed by atoms with Gasteiger partial charge in [-0.3, -0.25) is 10.1 Å². The Kier molecular flexibility index (Phi) is 2.34. The van der Waals surface area contributed by atoms with Crippen LogP contribution in [0.15, 0.2) is 11.4 Å². The molecule has 0 spiro atoms. The van der Waals surface area contributed by atoms with E-state index in [9.17, 15) is 4.79 Å². The third kappa shape index (κ3) is 1.94. The van der Waals surface area contributed by atoms with Gasteiger partial charge in [-0.2, -0.15) is 4.80 Å². The molecule has 0 bridgehead atoms. The smallest absolute Gasteiger partial charge is 0.270 e. The van der Waals surface area contributed by atoms with Gasteiger partial charge in [0.1, 0.15) is 4.88 Å². The lowest BCUT2D eigenvalue weighted by Crippen LogP contribution is -2.13. The van der Waals surface area contributed by atoms with Gasteiger partial charge in [-0.25, -0.2) is 0 Å². The number of nitrogens with one attached hydrogen (secondary N) is 1. The van der Waals surface area contributed by atoms with Crippen LogP contribution in [0.2, 0.25) is 0 Å². The van der Waals surface area contributed by atoms with Gasteiger partial charge in [-0.15, -0.1) is 16.4 Å². The van der Waals surface area contributed by atoms with E-state index in [-0.39, 0.29) is 11.9 Å². The highest BCUT2D eigenvalue weighted by atomic mass is 32.1. The van der Waals surface area contributed by atoms with Crippen molar-refractivity contribution in [2.24, 2.45) is 7.05 Å². The van der Waals surface area contributed by atoms with E-state index in [1.165, 1.54) is 16.1 Å². The quantitative estimate of drug-likeness (QED) is 0.754. The minimum Gasteiger partial charge on any atom is -0.397 e. The first-order valence-corrected chi connectivity index (χ1v) is 4.93. The molecule has 1 amide bonds. The molecule has 0 unspecified atom stereocenters. The molecule has 2 aromatic rings. The molecule has 2 rings (SSSR count). The Hall–Kier alpha value is -1.96. The van der Waals surface area contributed by atoms with Gasteiger partial charge in [-0.05, 0) is 16.7 Å². The second-order valence-corrected chi connectivity index (χ2v) is 3.68. The van der Waals surface area contributed by atoms with Gasteiger partial charge in [-0.1, -0.05) is 5.10 Å². The predicted octanol–water partition coefficient (Wildman–Crippen LogP) is 0.106. The molecule has 0 aliphatic rings. The van der Waals surface area contributed by atoms with Gasteiger partial charge in [0.05, 0.1) is 12.7 Å². The molecule has 0 atom stereocenters. The number of aryl methyl sites for hydroxylation is 1. The van der Waals surface area contributed by atoms with Crippen LogP contribution in [0.4, 0.5) is 11.6 Å². The second-order valence-electron chi connectivity index (χ2n) is 2.76. The summed E-state index contributed by atoms with van der Waals surface area (Å²) in [5.41, 5.74) is 6.03. The number of anilines is 2. The molecule has 78 valence electrons. The molecule has 7 nitrogen and oxygen atoms in total. The van der Waals surface area contributed by atoms with Gasteiger partial charge in [0.25, 0.3) is 11.9 Å². The van der Waals surface area contributed by atoms with Crippen molar-refractivity contribution < 1.29 is 4.79 Å². The number of hydrogen-bond acceptors (Lipinski definition) is 6. The number of nitrogens with two attached hydrogens (primary N) is 1. The Labute approximate surface area is 88.9 Å². The molecule has 0 aliphatic carbocycles. The number of aromatic nitrogens is 4. The summed E-state index contributed by atoms with van der Waals surface area (Å²) in [6, 6.07) is 1.67. The van der Waals surface area contributed by atoms with Crippen molar-refractivity contribution in [2.75, 3.05) is 11.1 Å². The summed E-state index contributed by atoms with van der Waals surface area (Å²) >= 11 is 1.26. The van der Waals surface area contributed by atoms with Crippen molar-refractivity contribution in [3.8, 4) is 0 Å². The minimum atomic E-state index is -0.324. The zero-order valence-electron chi connectivity index (χ0n) is 7.84. The summed E-state index contributed by atoms with van der Waals surface area (Å²) in [6.07, 6.45) is 0. The number of nitrogen functional groups attached to an aromatic ring is 1. The van der Waals surface area contributed by atoms with Crippen LogP contribution in [0.25, 0.3) is 0 Å². The number of carbonyl (C=O) groups excluding carboxylic acids is 1. The van der Waals surface area contributed by atoms with E-state index in [0.717, 1.165) is 0 Å². The van der Waals surface area contributed by atoms with Gasteiger partial charge < -0.3 is 5.73 Å². The third-order valence-electron chi connectivity index (χ3n) is 1.64. The minimum absolute atomic E-state index is 0.162. The van der Waals surface area contributed by atoms with Crippen molar-refractivity contribution in [1.82, 2.24) is 20.2 Å². The number of carbonyl (C=O) groups is 1. The molecule has 0 saturated carbocycles. The standard InChI is InChI=1S/C7H8N6OS/c1-13-11-7(10-12-13)9-6(14)5-4(8)2-3-15-5/h2-3H,8H2,1H3,(H,9,11,14). The number of rotatable bonds is 2. The fraction of sp³-hybridized carbons (Fsp3) is 0.143. The summed E-state index contributed by atoms with van der Waals surface area (Å²) in [4.78, 5) is 13.3. The Bertz CT molecular complexity index is 489. The van der Waals surface area contributed by atoms with Crippen LogP contribution in [0, 0.1) is 0 Å². The van der Waals surface area contributed by atoms with Crippen molar-refractivity contribution in [3.63, 3.8) is 0 Å². The molecule has 2 heterocycles. The first-order valence-electron chi connectivity index (χ1n) is 4.05. The van der Waals surface area contributed by atoms with Crippen molar-refractivity contribution in [3.05, 3.63) is 16.3 Å². The van der Waals surface area contributed by atoms with E-state index in [4.69, 9.17) is 5.73 Å². The molecule has 0 saturated heterocycles. The first kappa shape index (κ1) is 9.59. The molecule has 0 radical (unpaired) electrons. The van der Waals surface area contributed by atoms with Crippen molar-refractivity contribution in [1.29, 1.82) is 0 Å². The van der Waals surface area contributed by atoms with Crippen LogP contribution >= 0.6 is 11.3 Å². The predicted molar refractivity (Wildman–Crippen MR) is 55.5 cm³/mol. The zero-order valence-corrected chi connectivity index (χ0v) is 8.65. The zero-order chi connectivity index (χ0) is 10.8. The maximum absolute atomic E-state index is 11.6. The highest BCUT2D eigenvalue weighted by Gasteiger charge is 2.13. The number of thiophene rings is 1. The average molecular weight is 224 g/mol. The van der Waals surface area contributed by atoms with E-state index in [2.05, 4.69) is 20.7 Å². The van der Waals surface area contributed by atoms with Crippen LogP contribution in [0.5, 0.6) is 0 Å². The molecule has 8 heteroatoms. The fourth-order valence-corrected chi connectivity index (χ4v) is 1.71. The van der Waals surface area contributed by atoms with E-state index in [1.54, 1.807) is 18.5 Å². The highest BCUT2D eigenvalue weighted by Crippen LogP contribution is 2.19. The fourth-order valence-electron chi connectivity index (χ4n) is 0.996. The van der Waals surface area contributed by atoms with E-state index in [0.29, 0.717) is 10.6 Å². The van der Waals surface area contributed by atoms with Gasteiger partial charge in [0.2, 0.25) is 0 Å². The topological polar surface area (TPSA) is 98.7 Å². The Morgan fingerprint density at radius 2 is 2.47 bits per heavy atom. The summed E-state index contributed by atoms with van der Waals surface area (Å²) in [5, 5.41) is 15.3. The molecule has 3 N–H and O–H groups in total. The summed E-state index contributed by atoms with van der Waals surface area (Å²) in [7, 11) is 1.61. The molecule has 2 aromatic heterocycles. The van der Waals surface area contributed by atoms with E-state index >= 15 is 0 Å². The lowest BCUT2D eigenvalue weighted by Gasteiger charge is -1.97. The number of amides is 1. The Balaban J connectivity index is 2.14. The summed E-state index contributed by atoms with van der Waals surface area (Å²) < 4.78 is 0. The molecule has 0 aromatic carbocycles. The van der Waals surface area contributed by atoms with Crippen LogP contribution in [-0.2, 0) is 7.05 Å². The lowest BCUT2D eigenvalue weighted by atomic mass is 10.4. The molecule has 0 aliphatic heterocycles. The van der Waals surface area contributed by atoms with E-state index in [1.807, 2.05) is 0 Å². The Morgan fingerprint density at radius 3 is 3.00 bits per heavy atom. The number of nitrogens with zero attached hydrogens (tertiary/aromatic N) is 4.